The predicted octanol–water partition coefficient (Wildman–Crippen LogP) is 4.27. The van der Waals surface area contributed by atoms with Crippen molar-refractivity contribution >= 4 is 23.3 Å². The van der Waals surface area contributed by atoms with Crippen LogP contribution in [0.4, 0.5) is 0 Å². The largest absolute Gasteiger partial charge is 0.489 e. The van der Waals surface area contributed by atoms with Crippen LogP contribution in [-0.2, 0) is 9.53 Å². The van der Waals surface area contributed by atoms with Gasteiger partial charge in [0.05, 0.1) is 17.2 Å². The standard InChI is InChI=1S/C29H35ClN2O5/c30-24-17-22(7-10-26(24)37-23-8-9-23)27(33)25(18-32-13-1-2-14-32)31-29(35)28(34)21-5-3-19(4-6-21)20-11-15-36-16-12-20/h3-7,10,17,20,23,25,27,33H,1-2,8-9,11-16,18H2,(H,31,35)/t25-,27-/m1/s1. The van der Waals surface area contributed by atoms with Crippen molar-refractivity contribution in [1.82, 2.24) is 10.2 Å². The highest BCUT2D eigenvalue weighted by molar-refractivity contribution is 6.42. The Morgan fingerprint density at radius 3 is 2.41 bits per heavy atom. The summed E-state index contributed by atoms with van der Waals surface area (Å²) in [7, 11) is 0. The number of amides is 1. The van der Waals surface area contributed by atoms with E-state index < -0.39 is 23.8 Å². The van der Waals surface area contributed by atoms with E-state index in [1.807, 2.05) is 12.1 Å². The molecule has 7 nitrogen and oxygen atoms in total. The number of Topliss-reactive ketones (excluding diaryl/α,β-unsaturated/α-hetero) is 1. The van der Waals surface area contributed by atoms with Gasteiger partial charge >= 0.3 is 0 Å². The first kappa shape index (κ1) is 26.2. The highest BCUT2D eigenvalue weighted by atomic mass is 35.5. The topological polar surface area (TPSA) is 88.1 Å². The van der Waals surface area contributed by atoms with Crippen LogP contribution in [0, 0.1) is 0 Å². The summed E-state index contributed by atoms with van der Waals surface area (Å²) in [5, 5.41) is 14.5. The molecule has 5 rings (SSSR count). The Morgan fingerprint density at radius 1 is 1.05 bits per heavy atom. The highest BCUT2D eigenvalue weighted by Gasteiger charge is 2.30. The average Bonchev–Trinajstić information content (AvgIpc) is 3.60. The number of nitrogens with zero attached hydrogens (tertiary/aromatic N) is 1. The average molecular weight is 527 g/mol. The summed E-state index contributed by atoms with van der Waals surface area (Å²) >= 11 is 6.43. The first-order chi connectivity index (χ1) is 18.0. The number of carbonyl (C=O) groups excluding carboxylic acids is 2. The molecular formula is C29H35ClN2O5. The molecule has 0 bridgehead atoms. The number of nitrogens with one attached hydrogen (secondary N) is 1. The minimum atomic E-state index is -1.03. The molecule has 2 aromatic rings. The number of carbonyl (C=O) groups is 2. The van der Waals surface area contributed by atoms with Crippen molar-refractivity contribution in [1.29, 1.82) is 0 Å². The van der Waals surface area contributed by atoms with Crippen LogP contribution < -0.4 is 10.1 Å². The smallest absolute Gasteiger partial charge is 0.292 e. The van der Waals surface area contributed by atoms with Gasteiger partial charge in [0.2, 0.25) is 5.78 Å². The fourth-order valence-electron chi connectivity index (χ4n) is 5.16. The summed E-state index contributed by atoms with van der Waals surface area (Å²) in [5.74, 6) is -0.315. The number of aliphatic hydroxyl groups is 1. The molecule has 37 heavy (non-hydrogen) atoms. The number of halogens is 1. The van der Waals surface area contributed by atoms with E-state index in [-0.39, 0.29) is 6.10 Å². The lowest BCUT2D eigenvalue weighted by atomic mass is 9.91. The van der Waals surface area contributed by atoms with Crippen LogP contribution in [0.25, 0.3) is 0 Å². The predicted molar refractivity (Wildman–Crippen MR) is 141 cm³/mol. The summed E-state index contributed by atoms with van der Waals surface area (Å²) in [6.45, 7) is 3.73. The van der Waals surface area contributed by atoms with Crippen molar-refractivity contribution in [2.45, 2.75) is 62.7 Å². The van der Waals surface area contributed by atoms with Crippen molar-refractivity contribution < 1.29 is 24.2 Å². The first-order valence-corrected chi connectivity index (χ1v) is 13.7. The third-order valence-corrected chi connectivity index (χ3v) is 7.83. The molecule has 0 spiro atoms. The second kappa shape index (κ2) is 11.9. The first-order valence-electron chi connectivity index (χ1n) is 13.4. The van der Waals surface area contributed by atoms with Gasteiger partial charge in [0.15, 0.2) is 0 Å². The number of aliphatic hydroxyl groups excluding tert-OH is 1. The Morgan fingerprint density at radius 2 is 1.76 bits per heavy atom. The summed E-state index contributed by atoms with van der Waals surface area (Å²) < 4.78 is 11.2. The maximum atomic E-state index is 13.0. The fraction of sp³-hybridized carbons (Fsp3) is 0.517. The number of likely N-dealkylation sites (tertiary alicyclic amines) is 1. The molecule has 0 aromatic heterocycles. The second-order valence-electron chi connectivity index (χ2n) is 10.4. The SMILES string of the molecule is O=C(N[C@H](CN1CCCC1)[C@H](O)c1ccc(OC2CC2)c(Cl)c1)C(=O)c1ccc(C2CCOCC2)cc1. The van der Waals surface area contributed by atoms with Gasteiger partial charge in [-0.25, -0.2) is 0 Å². The second-order valence-corrected chi connectivity index (χ2v) is 10.8. The minimum absolute atomic E-state index is 0.215. The third kappa shape index (κ3) is 6.71. The number of ether oxygens (including phenoxy) is 2. The molecule has 2 N–H and O–H groups in total. The minimum Gasteiger partial charge on any atom is -0.489 e. The van der Waals surface area contributed by atoms with Gasteiger partial charge in [-0.2, -0.15) is 0 Å². The van der Waals surface area contributed by atoms with E-state index in [4.69, 9.17) is 21.1 Å². The molecule has 1 saturated carbocycles. The normalized spacial score (nSPS) is 20.4. The van der Waals surface area contributed by atoms with E-state index >= 15 is 0 Å². The van der Waals surface area contributed by atoms with Gasteiger partial charge in [-0.3, -0.25) is 9.59 Å². The summed E-state index contributed by atoms with van der Waals surface area (Å²) in [5.41, 5.74) is 2.08. The van der Waals surface area contributed by atoms with Gasteiger partial charge in [0, 0.05) is 25.3 Å². The monoisotopic (exact) mass is 526 g/mol. The molecule has 1 aliphatic carbocycles. The molecule has 2 atom stereocenters. The number of rotatable bonds is 10. The number of benzene rings is 2. The number of ketones is 1. The zero-order chi connectivity index (χ0) is 25.8. The van der Waals surface area contributed by atoms with Crippen LogP contribution in [-0.4, -0.2) is 66.7 Å². The molecule has 2 heterocycles. The van der Waals surface area contributed by atoms with Gasteiger partial charge in [-0.1, -0.05) is 41.9 Å². The van der Waals surface area contributed by atoms with Crippen molar-refractivity contribution in [3.05, 3.63) is 64.2 Å². The van der Waals surface area contributed by atoms with Crippen LogP contribution >= 0.6 is 11.6 Å². The summed E-state index contributed by atoms with van der Waals surface area (Å²) in [4.78, 5) is 28.3. The van der Waals surface area contributed by atoms with E-state index in [9.17, 15) is 14.7 Å². The molecule has 2 saturated heterocycles. The molecule has 8 heteroatoms. The summed E-state index contributed by atoms with van der Waals surface area (Å²) in [6, 6.07) is 11.9. The molecule has 2 aliphatic heterocycles. The molecule has 2 aromatic carbocycles. The van der Waals surface area contributed by atoms with E-state index in [2.05, 4.69) is 10.2 Å². The van der Waals surface area contributed by atoms with E-state index in [0.29, 0.717) is 34.4 Å². The zero-order valence-electron chi connectivity index (χ0n) is 21.0. The van der Waals surface area contributed by atoms with Gasteiger partial charge < -0.3 is 24.8 Å². The lowest BCUT2D eigenvalue weighted by Gasteiger charge is -2.28. The summed E-state index contributed by atoms with van der Waals surface area (Å²) in [6.07, 6.45) is 5.31. The van der Waals surface area contributed by atoms with Crippen LogP contribution in [0.1, 0.15) is 72.0 Å². The van der Waals surface area contributed by atoms with Gasteiger partial charge in [0.1, 0.15) is 11.9 Å². The lowest BCUT2D eigenvalue weighted by molar-refractivity contribution is -0.118. The third-order valence-electron chi connectivity index (χ3n) is 7.54. The van der Waals surface area contributed by atoms with Crippen LogP contribution in [0.3, 0.4) is 0 Å². The molecular weight excluding hydrogens is 492 g/mol. The van der Waals surface area contributed by atoms with Crippen molar-refractivity contribution in [3.63, 3.8) is 0 Å². The van der Waals surface area contributed by atoms with Gasteiger partial charge in [-0.05, 0) is 80.8 Å². The maximum absolute atomic E-state index is 13.0. The van der Waals surface area contributed by atoms with Gasteiger partial charge in [-0.15, -0.1) is 0 Å². The maximum Gasteiger partial charge on any atom is 0.292 e. The molecule has 3 aliphatic rings. The molecule has 3 fully saturated rings. The molecule has 198 valence electrons. The molecule has 0 radical (unpaired) electrons. The Kier molecular flexibility index (Phi) is 8.45. The fourth-order valence-corrected chi connectivity index (χ4v) is 5.40. The van der Waals surface area contributed by atoms with Crippen LogP contribution in [0.2, 0.25) is 5.02 Å². The van der Waals surface area contributed by atoms with Crippen molar-refractivity contribution in [2.24, 2.45) is 0 Å². The molecule has 0 unspecified atom stereocenters. The van der Waals surface area contributed by atoms with Gasteiger partial charge in [0.25, 0.3) is 5.91 Å². The Balaban J connectivity index is 1.27. The van der Waals surface area contributed by atoms with Crippen molar-refractivity contribution in [3.8, 4) is 5.75 Å². The Hall–Kier alpha value is -2.45. The zero-order valence-corrected chi connectivity index (χ0v) is 21.8. The van der Waals surface area contributed by atoms with Crippen LogP contribution in [0.15, 0.2) is 42.5 Å². The van der Waals surface area contributed by atoms with Crippen molar-refractivity contribution in [2.75, 3.05) is 32.8 Å². The Labute approximate surface area is 223 Å². The lowest BCUT2D eigenvalue weighted by Crippen LogP contribution is -2.48. The highest BCUT2D eigenvalue weighted by Crippen LogP contribution is 2.34. The Bertz CT molecular complexity index is 1090. The quantitative estimate of drug-likeness (QED) is 0.355. The molecule has 1 amide bonds. The van der Waals surface area contributed by atoms with E-state index in [1.165, 1.54) is 0 Å². The van der Waals surface area contributed by atoms with Crippen LogP contribution in [0.5, 0.6) is 5.75 Å². The van der Waals surface area contributed by atoms with E-state index in [0.717, 1.165) is 70.4 Å². The number of hydrogen-bond acceptors (Lipinski definition) is 6. The number of hydrogen-bond donors (Lipinski definition) is 2. The van der Waals surface area contributed by atoms with E-state index in [1.54, 1.807) is 30.3 Å².